The summed E-state index contributed by atoms with van der Waals surface area (Å²) < 4.78 is 4.96. The number of ether oxygens (including phenoxy) is 1. The molecule has 0 fully saturated rings. The topological polar surface area (TPSA) is 102 Å². The van der Waals surface area contributed by atoms with E-state index in [0.29, 0.717) is 29.5 Å². The summed E-state index contributed by atoms with van der Waals surface area (Å²) in [6.07, 6.45) is 3.59. The minimum atomic E-state index is -0.340. The number of anilines is 4. The average molecular weight is 329 g/mol. The van der Waals surface area contributed by atoms with Gasteiger partial charge in [-0.2, -0.15) is 0 Å². The number of hydrogen-bond donors (Lipinski definition) is 3. The third kappa shape index (κ3) is 4.58. The van der Waals surface area contributed by atoms with Crippen molar-refractivity contribution in [3.63, 3.8) is 0 Å². The Morgan fingerprint density at radius 1 is 1.17 bits per heavy atom. The van der Waals surface area contributed by atoms with Crippen molar-refractivity contribution in [2.75, 3.05) is 29.5 Å². The number of carbonyl (C=O) groups excluding carboxylic acids is 1. The standard InChI is InChI=1S/C17H23N5O2/c1-3-5-10-19-15-14(18)16(21-11-20-15)22-13-8-6-12(7-9-13)17(23)24-4-2/h6-9,11H,3-5,10,18H2,1-2H3,(H2,19,20,21,22). The number of hydrogen-bond acceptors (Lipinski definition) is 7. The van der Waals surface area contributed by atoms with Crippen LogP contribution in [0.25, 0.3) is 0 Å². The van der Waals surface area contributed by atoms with Crippen LogP contribution in [0.15, 0.2) is 30.6 Å². The van der Waals surface area contributed by atoms with Crippen LogP contribution in [0.5, 0.6) is 0 Å². The number of nitrogens with two attached hydrogens (primary N) is 1. The van der Waals surface area contributed by atoms with E-state index in [9.17, 15) is 4.79 Å². The number of nitrogens with zero attached hydrogens (tertiary/aromatic N) is 2. The lowest BCUT2D eigenvalue weighted by molar-refractivity contribution is 0.0526. The second kappa shape index (κ2) is 8.71. The van der Waals surface area contributed by atoms with Crippen LogP contribution >= 0.6 is 0 Å². The van der Waals surface area contributed by atoms with Crippen LogP contribution in [0, 0.1) is 0 Å². The van der Waals surface area contributed by atoms with Crippen LogP contribution in [-0.4, -0.2) is 29.1 Å². The van der Waals surface area contributed by atoms with Crippen LogP contribution in [0.3, 0.4) is 0 Å². The van der Waals surface area contributed by atoms with Gasteiger partial charge in [0.25, 0.3) is 0 Å². The minimum absolute atomic E-state index is 0.340. The molecule has 0 aliphatic rings. The van der Waals surface area contributed by atoms with Crippen LogP contribution in [0.4, 0.5) is 23.0 Å². The van der Waals surface area contributed by atoms with Crippen molar-refractivity contribution in [2.24, 2.45) is 0 Å². The molecule has 0 aliphatic carbocycles. The molecule has 24 heavy (non-hydrogen) atoms. The van der Waals surface area contributed by atoms with Crippen molar-refractivity contribution in [3.05, 3.63) is 36.2 Å². The molecule has 0 radical (unpaired) electrons. The Morgan fingerprint density at radius 3 is 2.54 bits per heavy atom. The van der Waals surface area contributed by atoms with E-state index in [2.05, 4.69) is 27.5 Å². The number of benzene rings is 1. The molecule has 0 bridgehead atoms. The van der Waals surface area contributed by atoms with Crippen molar-refractivity contribution in [1.82, 2.24) is 9.97 Å². The highest BCUT2D eigenvalue weighted by atomic mass is 16.5. The second-order valence-electron chi connectivity index (χ2n) is 5.19. The molecule has 0 unspecified atom stereocenters. The van der Waals surface area contributed by atoms with Gasteiger partial charge in [0.1, 0.15) is 12.0 Å². The van der Waals surface area contributed by atoms with E-state index in [-0.39, 0.29) is 5.97 Å². The zero-order valence-corrected chi connectivity index (χ0v) is 14.0. The van der Waals surface area contributed by atoms with E-state index in [0.717, 1.165) is 25.1 Å². The van der Waals surface area contributed by atoms with Gasteiger partial charge in [0, 0.05) is 12.2 Å². The van der Waals surface area contributed by atoms with Gasteiger partial charge in [-0.15, -0.1) is 0 Å². The lowest BCUT2D eigenvalue weighted by Gasteiger charge is -2.12. The summed E-state index contributed by atoms with van der Waals surface area (Å²) in [6.45, 7) is 5.06. The monoisotopic (exact) mass is 329 g/mol. The van der Waals surface area contributed by atoms with Gasteiger partial charge in [0.05, 0.1) is 12.2 Å². The Labute approximate surface area is 141 Å². The van der Waals surface area contributed by atoms with Gasteiger partial charge in [-0.25, -0.2) is 14.8 Å². The van der Waals surface area contributed by atoms with Crippen molar-refractivity contribution in [1.29, 1.82) is 0 Å². The van der Waals surface area contributed by atoms with E-state index in [1.54, 1.807) is 31.2 Å². The molecule has 0 atom stereocenters. The number of nitrogen functional groups attached to an aromatic ring is 1. The summed E-state index contributed by atoms with van der Waals surface area (Å²) in [6, 6.07) is 6.94. The Balaban J connectivity index is 2.07. The molecular weight excluding hydrogens is 306 g/mol. The highest BCUT2D eigenvalue weighted by Crippen LogP contribution is 2.25. The average Bonchev–Trinajstić information content (AvgIpc) is 2.59. The molecule has 7 nitrogen and oxygen atoms in total. The van der Waals surface area contributed by atoms with Crippen molar-refractivity contribution in [3.8, 4) is 0 Å². The molecule has 0 amide bonds. The summed E-state index contributed by atoms with van der Waals surface area (Å²) >= 11 is 0. The molecule has 0 saturated heterocycles. The Morgan fingerprint density at radius 2 is 1.88 bits per heavy atom. The van der Waals surface area contributed by atoms with E-state index >= 15 is 0 Å². The van der Waals surface area contributed by atoms with Crippen molar-refractivity contribution >= 4 is 29.0 Å². The Bertz CT molecular complexity index is 673. The number of rotatable bonds is 8. The first-order chi connectivity index (χ1) is 11.7. The number of carbonyl (C=O) groups is 1. The maximum absolute atomic E-state index is 11.6. The van der Waals surface area contributed by atoms with Crippen LogP contribution < -0.4 is 16.4 Å². The van der Waals surface area contributed by atoms with Gasteiger partial charge in [0.15, 0.2) is 11.6 Å². The summed E-state index contributed by atoms with van der Waals surface area (Å²) in [4.78, 5) is 20.0. The lowest BCUT2D eigenvalue weighted by Crippen LogP contribution is -2.09. The molecular formula is C17H23N5O2. The lowest BCUT2D eigenvalue weighted by atomic mass is 10.2. The molecule has 7 heteroatoms. The van der Waals surface area contributed by atoms with Gasteiger partial charge >= 0.3 is 5.97 Å². The van der Waals surface area contributed by atoms with Crippen molar-refractivity contribution in [2.45, 2.75) is 26.7 Å². The summed E-state index contributed by atoms with van der Waals surface area (Å²) in [5.74, 6) is 0.796. The number of aromatic nitrogens is 2. The van der Waals surface area contributed by atoms with E-state index in [1.165, 1.54) is 6.33 Å². The molecule has 0 aliphatic heterocycles. The van der Waals surface area contributed by atoms with Gasteiger partial charge in [-0.05, 0) is 37.6 Å². The van der Waals surface area contributed by atoms with E-state index in [1.807, 2.05) is 0 Å². The summed E-state index contributed by atoms with van der Waals surface area (Å²) in [7, 11) is 0. The normalized spacial score (nSPS) is 10.2. The molecule has 2 rings (SSSR count). The zero-order valence-electron chi connectivity index (χ0n) is 14.0. The number of unbranched alkanes of at least 4 members (excludes halogenated alkanes) is 1. The molecule has 1 aromatic heterocycles. The molecule has 0 saturated carbocycles. The van der Waals surface area contributed by atoms with Gasteiger partial charge in [-0.1, -0.05) is 13.3 Å². The van der Waals surface area contributed by atoms with Crippen molar-refractivity contribution < 1.29 is 9.53 Å². The van der Waals surface area contributed by atoms with E-state index < -0.39 is 0 Å². The fourth-order valence-corrected chi connectivity index (χ4v) is 2.06. The van der Waals surface area contributed by atoms with Crippen LogP contribution in [-0.2, 0) is 4.74 Å². The largest absolute Gasteiger partial charge is 0.462 e. The molecule has 128 valence electrons. The first kappa shape index (κ1) is 17.5. The third-order valence-electron chi connectivity index (χ3n) is 3.37. The first-order valence-electron chi connectivity index (χ1n) is 8.04. The highest BCUT2D eigenvalue weighted by Gasteiger charge is 2.09. The molecule has 2 aromatic rings. The first-order valence-corrected chi connectivity index (χ1v) is 8.04. The Kier molecular flexibility index (Phi) is 6.36. The predicted octanol–water partition coefficient (Wildman–Crippen LogP) is 3.19. The smallest absolute Gasteiger partial charge is 0.338 e. The SMILES string of the molecule is CCCCNc1ncnc(Nc2ccc(C(=O)OCC)cc2)c1N. The summed E-state index contributed by atoms with van der Waals surface area (Å²) in [5.41, 5.74) is 7.84. The maximum Gasteiger partial charge on any atom is 0.338 e. The molecule has 1 heterocycles. The fourth-order valence-electron chi connectivity index (χ4n) is 2.06. The summed E-state index contributed by atoms with van der Waals surface area (Å²) in [5, 5.41) is 6.33. The van der Waals surface area contributed by atoms with E-state index in [4.69, 9.17) is 10.5 Å². The fraction of sp³-hybridized carbons (Fsp3) is 0.353. The number of nitrogens with one attached hydrogen (secondary N) is 2. The maximum atomic E-state index is 11.6. The van der Waals surface area contributed by atoms with Gasteiger partial charge < -0.3 is 21.1 Å². The number of esters is 1. The van der Waals surface area contributed by atoms with Gasteiger partial charge in [-0.3, -0.25) is 0 Å². The second-order valence-corrected chi connectivity index (χ2v) is 5.19. The molecule has 4 N–H and O–H groups in total. The zero-order chi connectivity index (χ0) is 17.4. The Hall–Kier alpha value is -2.83. The third-order valence-corrected chi connectivity index (χ3v) is 3.37. The van der Waals surface area contributed by atoms with Gasteiger partial charge in [0.2, 0.25) is 0 Å². The molecule has 0 spiro atoms. The van der Waals surface area contributed by atoms with Crippen LogP contribution in [0.2, 0.25) is 0 Å². The minimum Gasteiger partial charge on any atom is -0.462 e. The predicted molar refractivity (Wildman–Crippen MR) is 95.5 cm³/mol. The molecule has 1 aromatic carbocycles. The van der Waals surface area contributed by atoms with Crippen LogP contribution in [0.1, 0.15) is 37.0 Å². The quantitative estimate of drug-likeness (QED) is 0.505. The highest BCUT2D eigenvalue weighted by molar-refractivity contribution is 5.90.